The summed E-state index contributed by atoms with van der Waals surface area (Å²) >= 11 is 3.50. The fourth-order valence-electron chi connectivity index (χ4n) is 4.64. The van der Waals surface area contributed by atoms with Crippen LogP contribution < -0.4 is 0 Å². The molecule has 32 heavy (non-hydrogen) atoms. The third-order valence-corrected chi connectivity index (χ3v) is 7.20. The van der Waals surface area contributed by atoms with E-state index in [1.807, 2.05) is 12.1 Å². The van der Waals surface area contributed by atoms with E-state index in [0.29, 0.717) is 17.7 Å². The van der Waals surface area contributed by atoms with Gasteiger partial charge < -0.3 is 0 Å². The lowest BCUT2D eigenvalue weighted by molar-refractivity contribution is 0.0651. The highest BCUT2D eigenvalue weighted by atomic mass is 79.9. The summed E-state index contributed by atoms with van der Waals surface area (Å²) in [7, 11) is 0. The normalized spacial score (nSPS) is 13.2. The maximum Gasteiger partial charge on any atom is 0.261 e. The zero-order chi connectivity index (χ0) is 22.9. The van der Waals surface area contributed by atoms with Crippen molar-refractivity contribution < 1.29 is 9.59 Å². The lowest BCUT2D eigenvalue weighted by Gasteiger charge is -2.13. The molecular weight excluding hydrogens is 462 g/mol. The summed E-state index contributed by atoms with van der Waals surface area (Å²) in [5.74, 6) is -0.238. The van der Waals surface area contributed by atoms with Crippen LogP contribution in [0.25, 0.3) is 0 Å². The Morgan fingerprint density at radius 2 is 0.812 bits per heavy atom. The number of unbranched alkanes of at least 4 members (excludes halogenated alkanes) is 17. The van der Waals surface area contributed by atoms with Crippen molar-refractivity contribution in [3.63, 3.8) is 0 Å². The van der Waals surface area contributed by atoms with E-state index in [9.17, 15) is 9.59 Å². The standard InChI is InChI=1S/C28H44BrNO2/c29-23-19-15-13-11-9-7-5-3-1-2-4-6-8-10-12-14-16-20-24-30-27(31)25-21-17-18-22-26(25)28(30)32/h17-18,21-22H,1-16,19-20,23-24H2. The third-order valence-electron chi connectivity index (χ3n) is 6.64. The molecule has 0 N–H and O–H groups in total. The van der Waals surface area contributed by atoms with Crippen LogP contribution in [-0.4, -0.2) is 28.6 Å². The SMILES string of the molecule is O=C1c2ccccc2C(=O)N1CCCCCCCCCCCCCCCCCCCCBr. The van der Waals surface area contributed by atoms with Crippen LogP contribution in [0.1, 0.15) is 136 Å². The maximum atomic E-state index is 12.3. The van der Waals surface area contributed by atoms with Gasteiger partial charge in [0.2, 0.25) is 0 Å². The molecule has 0 saturated heterocycles. The topological polar surface area (TPSA) is 37.4 Å². The molecule has 180 valence electrons. The number of rotatable bonds is 20. The summed E-state index contributed by atoms with van der Waals surface area (Å²) in [6.07, 6.45) is 24.1. The maximum absolute atomic E-state index is 12.3. The molecule has 0 unspecified atom stereocenters. The predicted octanol–water partition coefficient (Wildman–Crippen LogP) is 8.70. The van der Waals surface area contributed by atoms with Crippen molar-refractivity contribution in [2.24, 2.45) is 0 Å². The average molecular weight is 507 g/mol. The Bertz CT molecular complexity index is 626. The number of nitrogens with zero attached hydrogens (tertiary/aromatic N) is 1. The smallest absolute Gasteiger partial charge is 0.261 e. The molecule has 0 radical (unpaired) electrons. The summed E-state index contributed by atoms with van der Waals surface area (Å²) in [5, 5.41) is 1.16. The van der Waals surface area contributed by atoms with E-state index in [0.717, 1.165) is 18.2 Å². The van der Waals surface area contributed by atoms with Crippen LogP contribution in [0.2, 0.25) is 0 Å². The molecule has 1 heterocycles. The minimum absolute atomic E-state index is 0.119. The molecule has 0 atom stereocenters. The van der Waals surface area contributed by atoms with Crippen LogP contribution in [0.4, 0.5) is 0 Å². The Morgan fingerprint density at radius 1 is 0.500 bits per heavy atom. The molecule has 1 aliphatic rings. The van der Waals surface area contributed by atoms with Crippen molar-refractivity contribution in [1.29, 1.82) is 0 Å². The van der Waals surface area contributed by atoms with Crippen LogP contribution in [-0.2, 0) is 0 Å². The second kappa shape index (κ2) is 17.3. The van der Waals surface area contributed by atoms with Crippen molar-refractivity contribution in [2.75, 3.05) is 11.9 Å². The van der Waals surface area contributed by atoms with E-state index in [1.54, 1.807) is 12.1 Å². The van der Waals surface area contributed by atoms with Crippen molar-refractivity contribution >= 4 is 27.7 Å². The van der Waals surface area contributed by atoms with Crippen molar-refractivity contribution in [2.45, 2.75) is 116 Å². The summed E-state index contributed by atoms with van der Waals surface area (Å²) in [4.78, 5) is 26.1. The number of benzene rings is 1. The van der Waals surface area contributed by atoms with Gasteiger partial charge in [-0.2, -0.15) is 0 Å². The average Bonchev–Trinajstić information content (AvgIpc) is 3.05. The highest BCUT2D eigenvalue weighted by molar-refractivity contribution is 9.09. The van der Waals surface area contributed by atoms with Crippen molar-refractivity contribution in [3.8, 4) is 0 Å². The zero-order valence-corrected chi connectivity index (χ0v) is 21.7. The van der Waals surface area contributed by atoms with Crippen molar-refractivity contribution in [3.05, 3.63) is 35.4 Å². The van der Waals surface area contributed by atoms with Gasteiger partial charge in [0.05, 0.1) is 11.1 Å². The number of amides is 2. The van der Waals surface area contributed by atoms with E-state index in [1.165, 1.54) is 108 Å². The minimum atomic E-state index is -0.119. The lowest BCUT2D eigenvalue weighted by Crippen LogP contribution is -2.30. The van der Waals surface area contributed by atoms with Gasteiger partial charge in [-0.15, -0.1) is 0 Å². The first-order chi connectivity index (χ1) is 15.8. The fraction of sp³-hybridized carbons (Fsp3) is 0.714. The Kier molecular flexibility index (Phi) is 14.7. The van der Waals surface area contributed by atoms with E-state index in [-0.39, 0.29) is 11.8 Å². The molecule has 4 heteroatoms. The second-order valence-electron chi connectivity index (χ2n) is 9.36. The molecule has 0 spiro atoms. The van der Waals surface area contributed by atoms with Gasteiger partial charge in [0.1, 0.15) is 0 Å². The van der Waals surface area contributed by atoms with Crippen LogP contribution in [0, 0.1) is 0 Å². The quantitative estimate of drug-likeness (QED) is 0.101. The number of halogens is 1. The van der Waals surface area contributed by atoms with Crippen LogP contribution in [0.5, 0.6) is 0 Å². The molecular formula is C28H44BrNO2. The van der Waals surface area contributed by atoms with E-state index >= 15 is 0 Å². The third kappa shape index (κ3) is 10.2. The Hall–Kier alpha value is -1.16. The zero-order valence-electron chi connectivity index (χ0n) is 20.1. The first kappa shape index (κ1) is 27.1. The summed E-state index contributed by atoms with van der Waals surface area (Å²) < 4.78 is 0. The first-order valence-electron chi connectivity index (χ1n) is 13.3. The van der Waals surface area contributed by atoms with Gasteiger partial charge >= 0.3 is 0 Å². The van der Waals surface area contributed by atoms with Crippen LogP contribution in [0.15, 0.2) is 24.3 Å². The molecule has 0 bridgehead atoms. The number of alkyl halides is 1. The van der Waals surface area contributed by atoms with E-state index in [4.69, 9.17) is 0 Å². The Morgan fingerprint density at radius 3 is 1.16 bits per heavy atom. The largest absolute Gasteiger partial charge is 0.274 e. The highest BCUT2D eigenvalue weighted by Gasteiger charge is 2.34. The monoisotopic (exact) mass is 505 g/mol. The number of fused-ring (bicyclic) bond motifs is 1. The van der Waals surface area contributed by atoms with Crippen molar-refractivity contribution in [1.82, 2.24) is 4.90 Å². The molecule has 1 aromatic rings. The number of carbonyl (C=O) groups excluding carboxylic acids is 2. The van der Waals surface area contributed by atoms with Gasteiger partial charge in [0, 0.05) is 11.9 Å². The molecule has 1 aliphatic heterocycles. The molecule has 0 fully saturated rings. The van der Waals surface area contributed by atoms with Crippen LogP contribution in [0.3, 0.4) is 0 Å². The Labute approximate surface area is 204 Å². The molecule has 1 aromatic carbocycles. The molecule has 3 nitrogen and oxygen atoms in total. The summed E-state index contributed by atoms with van der Waals surface area (Å²) in [6.45, 7) is 0.559. The van der Waals surface area contributed by atoms with Crippen LogP contribution >= 0.6 is 15.9 Å². The first-order valence-corrected chi connectivity index (χ1v) is 14.4. The second-order valence-corrected chi connectivity index (χ2v) is 10.2. The highest BCUT2D eigenvalue weighted by Crippen LogP contribution is 2.23. The van der Waals surface area contributed by atoms with Gasteiger partial charge in [-0.3, -0.25) is 14.5 Å². The van der Waals surface area contributed by atoms with E-state index < -0.39 is 0 Å². The molecule has 0 aromatic heterocycles. The Balaban J connectivity index is 1.32. The minimum Gasteiger partial charge on any atom is -0.274 e. The number of imide groups is 1. The van der Waals surface area contributed by atoms with Gasteiger partial charge in [-0.25, -0.2) is 0 Å². The van der Waals surface area contributed by atoms with Gasteiger partial charge in [0.25, 0.3) is 11.8 Å². The van der Waals surface area contributed by atoms with Gasteiger partial charge in [0.15, 0.2) is 0 Å². The summed E-state index contributed by atoms with van der Waals surface area (Å²) in [6, 6.07) is 7.16. The molecule has 0 saturated carbocycles. The number of carbonyl (C=O) groups is 2. The fourth-order valence-corrected chi connectivity index (χ4v) is 5.03. The number of hydrogen-bond acceptors (Lipinski definition) is 2. The molecule has 0 aliphatic carbocycles. The number of hydrogen-bond donors (Lipinski definition) is 0. The predicted molar refractivity (Wildman–Crippen MR) is 139 cm³/mol. The van der Waals surface area contributed by atoms with Gasteiger partial charge in [-0.1, -0.05) is 131 Å². The van der Waals surface area contributed by atoms with E-state index in [2.05, 4.69) is 15.9 Å². The molecule has 2 amide bonds. The van der Waals surface area contributed by atoms with Gasteiger partial charge in [-0.05, 0) is 25.0 Å². The summed E-state index contributed by atoms with van der Waals surface area (Å²) in [5.41, 5.74) is 1.13. The molecule has 2 rings (SSSR count). The lowest BCUT2D eigenvalue weighted by atomic mass is 10.0.